The predicted octanol–water partition coefficient (Wildman–Crippen LogP) is 1.63. The minimum absolute atomic E-state index is 0.228. The average molecular weight is 257 g/mol. The van der Waals surface area contributed by atoms with E-state index in [2.05, 4.69) is 22.1 Å². The summed E-state index contributed by atoms with van der Waals surface area (Å²) in [6.07, 6.45) is 0. The molecule has 1 aliphatic rings. The first-order valence-electron chi connectivity index (χ1n) is 6.19. The molecule has 2 heterocycles. The van der Waals surface area contributed by atoms with Gasteiger partial charge in [-0.05, 0) is 17.2 Å². The number of hydrogen-bond donors (Lipinski definition) is 1. The van der Waals surface area contributed by atoms with Gasteiger partial charge in [-0.25, -0.2) is 4.79 Å². The maximum Gasteiger partial charge on any atom is 0.354 e. The van der Waals surface area contributed by atoms with Crippen LogP contribution in [0.1, 0.15) is 27.3 Å². The number of rotatable bonds is 3. The van der Waals surface area contributed by atoms with Gasteiger partial charge in [0.1, 0.15) is 5.69 Å². The van der Waals surface area contributed by atoms with Crippen molar-refractivity contribution in [2.75, 3.05) is 0 Å². The van der Waals surface area contributed by atoms with Crippen molar-refractivity contribution < 1.29 is 9.90 Å². The maximum absolute atomic E-state index is 11.0. The molecule has 0 radical (unpaired) electrons. The van der Waals surface area contributed by atoms with Gasteiger partial charge in [-0.2, -0.15) is 5.10 Å². The molecule has 1 N–H and O–H groups in total. The number of aromatic carboxylic acids is 1. The SMILES string of the molecule is Cn1nc(CN2Cc3ccccc3C2)cc1C(=O)O. The number of aryl methyl sites for hydroxylation is 1. The van der Waals surface area contributed by atoms with Gasteiger partial charge in [0.2, 0.25) is 0 Å². The molecule has 19 heavy (non-hydrogen) atoms. The number of hydrogen-bond acceptors (Lipinski definition) is 3. The van der Waals surface area contributed by atoms with E-state index in [4.69, 9.17) is 5.11 Å². The van der Waals surface area contributed by atoms with Crippen molar-refractivity contribution >= 4 is 5.97 Å². The van der Waals surface area contributed by atoms with E-state index in [0.29, 0.717) is 6.54 Å². The molecule has 0 unspecified atom stereocenters. The molecule has 1 aliphatic heterocycles. The van der Waals surface area contributed by atoms with Crippen molar-refractivity contribution in [3.05, 3.63) is 52.8 Å². The number of benzene rings is 1. The average Bonchev–Trinajstić information content (AvgIpc) is 2.92. The first-order chi connectivity index (χ1) is 9.13. The molecule has 0 aliphatic carbocycles. The molecule has 1 aromatic heterocycles. The molecular formula is C14H15N3O2. The van der Waals surface area contributed by atoms with Crippen LogP contribution in [0.4, 0.5) is 0 Å². The first kappa shape index (κ1) is 11.9. The minimum atomic E-state index is -0.939. The zero-order chi connectivity index (χ0) is 13.4. The minimum Gasteiger partial charge on any atom is -0.477 e. The summed E-state index contributed by atoms with van der Waals surface area (Å²) >= 11 is 0. The van der Waals surface area contributed by atoms with Crippen LogP contribution in [0.3, 0.4) is 0 Å². The number of fused-ring (bicyclic) bond motifs is 1. The Morgan fingerprint density at radius 2 is 1.95 bits per heavy atom. The smallest absolute Gasteiger partial charge is 0.354 e. The number of carboxylic acid groups (broad SMARTS) is 1. The van der Waals surface area contributed by atoms with E-state index >= 15 is 0 Å². The second-order valence-electron chi connectivity index (χ2n) is 4.86. The number of nitrogens with zero attached hydrogens (tertiary/aromatic N) is 3. The molecule has 0 saturated heterocycles. The molecule has 0 amide bonds. The van der Waals surface area contributed by atoms with Crippen LogP contribution >= 0.6 is 0 Å². The Kier molecular flexibility index (Phi) is 2.83. The van der Waals surface area contributed by atoms with Gasteiger partial charge in [0, 0.05) is 26.7 Å². The van der Waals surface area contributed by atoms with Gasteiger partial charge >= 0.3 is 5.97 Å². The lowest BCUT2D eigenvalue weighted by Crippen LogP contribution is -2.16. The van der Waals surface area contributed by atoms with Crippen LogP contribution in [0.5, 0.6) is 0 Å². The topological polar surface area (TPSA) is 58.4 Å². The molecule has 5 heteroatoms. The summed E-state index contributed by atoms with van der Waals surface area (Å²) in [4.78, 5) is 13.2. The number of carboxylic acids is 1. The van der Waals surface area contributed by atoms with Crippen LogP contribution in [0.2, 0.25) is 0 Å². The van der Waals surface area contributed by atoms with E-state index in [1.807, 2.05) is 12.1 Å². The molecule has 0 bridgehead atoms. The highest BCUT2D eigenvalue weighted by Gasteiger charge is 2.20. The van der Waals surface area contributed by atoms with Gasteiger partial charge in [0.25, 0.3) is 0 Å². The molecular weight excluding hydrogens is 242 g/mol. The van der Waals surface area contributed by atoms with E-state index in [1.54, 1.807) is 13.1 Å². The van der Waals surface area contributed by atoms with Crippen molar-refractivity contribution in [1.82, 2.24) is 14.7 Å². The van der Waals surface area contributed by atoms with Gasteiger partial charge < -0.3 is 5.11 Å². The third kappa shape index (κ3) is 2.24. The third-order valence-electron chi connectivity index (χ3n) is 3.44. The third-order valence-corrected chi connectivity index (χ3v) is 3.44. The molecule has 98 valence electrons. The molecule has 2 aromatic rings. The normalized spacial score (nSPS) is 14.6. The van der Waals surface area contributed by atoms with Crippen molar-refractivity contribution in [1.29, 1.82) is 0 Å². The first-order valence-corrected chi connectivity index (χ1v) is 6.19. The summed E-state index contributed by atoms with van der Waals surface area (Å²) in [5.41, 5.74) is 3.72. The van der Waals surface area contributed by atoms with Gasteiger partial charge in [-0.1, -0.05) is 24.3 Å². The summed E-state index contributed by atoms with van der Waals surface area (Å²) in [6, 6.07) is 10.0. The summed E-state index contributed by atoms with van der Waals surface area (Å²) in [5.74, 6) is -0.939. The van der Waals surface area contributed by atoms with Crippen LogP contribution in [0.25, 0.3) is 0 Å². The molecule has 0 saturated carbocycles. The van der Waals surface area contributed by atoms with E-state index < -0.39 is 5.97 Å². The molecule has 0 atom stereocenters. The van der Waals surface area contributed by atoms with E-state index in [1.165, 1.54) is 15.8 Å². The summed E-state index contributed by atoms with van der Waals surface area (Å²) in [5, 5.41) is 13.3. The monoisotopic (exact) mass is 257 g/mol. The maximum atomic E-state index is 11.0. The van der Waals surface area contributed by atoms with E-state index in [-0.39, 0.29) is 5.69 Å². The molecule has 3 rings (SSSR count). The zero-order valence-electron chi connectivity index (χ0n) is 10.7. The Bertz CT molecular complexity index is 608. The van der Waals surface area contributed by atoms with Crippen LogP contribution in [-0.4, -0.2) is 25.8 Å². The van der Waals surface area contributed by atoms with Crippen molar-refractivity contribution in [3.63, 3.8) is 0 Å². The van der Waals surface area contributed by atoms with Gasteiger partial charge in [-0.15, -0.1) is 0 Å². The van der Waals surface area contributed by atoms with Crippen LogP contribution in [0, 0.1) is 0 Å². The summed E-state index contributed by atoms with van der Waals surface area (Å²) in [6.45, 7) is 2.47. The van der Waals surface area contributed by atoms with E-state index in [0.717, 1.165) is 18.8 Å². The highest BCUT2D eigenvalue weighted by atomic mass is 16.4. The number of aromatic nitrogens is 2. The fraction of sp³-hybridized carbons (Fsp3) is 0.286. The Hall–Kier alpha value is -2.14. The molecule has 5 nitrogen and oxygen atoms in total. The van der Waals surface area contributed by atoms with Gasteiger partial charge in [0.15, 0.2) is 0 Å². The zero-order valence-corrected chi connectivity index (χ0v) is 10.7. The van der Waals surface area contributed by atoms with Crippen molar-refractivity contribution in [2.45, 2.75) is 19.6 Å². The molecule has 0 spiro atoms. The quantitative estimate of drug-likeness (QED) is 0.908. The summed E-state index contributed by atoms with van der Waals surface area (Å²) < 4.78 is 1.42. The van der Waals surface area contributed by atoms with Gasteiger partial charge in [-0.3, -0.25) is 9.58 Å². The Balaban J connectivity index is 1.74. The standard InChI is InChI=1S/C14H15N3O2/c1-16-13(14(18)19)6-12(15-16)9-17-7-10-4-2-3-5-11(10)8-17/h2-6H,7-9H2,1H3,(H,18,19). The Labute approximate surface area is 111 Å². The molecule has 1 aromatic carbocycles. The number of carbonyl (C=O) groups is 1. The van der Waals surface area contributed by atoms with Crippen LogP contribution < -0.4 is 0 Å². The highest BCUT2D eigenvalue weighted by molar-refractivity contribution is 5.85. The van der Waals surface area contributed by atoms with Crippen LogP contribution in [-0.2, 0) is 26.7 Å². The largest absolute Gasteiger partial charge is 0.477 e. The lowest BCUT2D eigenvalue weighted by molar-refractivity contribution is 0.0685. The lowest BCUT2D eigenvalue weighted by Gasteiger charge is -2.12. The predicted molar refractivity (Wildman–Crippen MR) is 69.6 cm³/mol. The lowest BCUT2D eigenvalue weighted by atomic mass is 10.1. The van der Waals surface area contributed by atoms with E-state index in [9.17, 15) is 4.79 Å². The Morgan fingerprint density at radius 1 is 1.32 bits per heavy atom. The Morgan fingerprint density at radius 3 is 2.47 bits per heavy atom. The summed E-state index contributed by atoms with van der Waals surface area (Å²) in [7, 11) is 1.66. The van der Waals surface area contributed by atoms with Crippen molar-refractivity contribution in [3.8, 4) is 0 Å². The highest BCUT2D eigenvalue weighted by Crippen LogP contribution is 2.23. The second kappa shape index (κ2) is 4.51. The molecule has 0 fully saturated rings. The van der Waals surface area contributed by atoms with Crippen molar-refractivity contribution in [2.24, 2.45) is 7.05 Å². The van der Waals surface area contributed by atoms with Crippen LogP contribution in [0.15, 0.2) is 30.3 Å². The van der Waals surface area contributed by atoms with Gasteiger partial charge in [0.05, 0.1) is 5.69 Å². The fourth-order valence-electron chi connectivity index (χ4n) is 2.55. The fourth-order valence-corrected chi connectivity index (χ4v) is 2.55. The second-order valence-corrected chi connectivity index (χ2v) is 4.86.